The molecule has 1 aromatic heterocycles. The van der Waals surface area contributed by atoms with Crippen LogP contribution in [0.1, 0.15) is 24.9 Å². The molecule has 2 N–H and O–H groups in total. The second-order valence-corrected chi connectivity index (χ2v) is 5.54. The van der Waals surface area contributed by atoms with Crippen molar-refractivity contribution in [3.05, 3.63) is 42.0 Å². The first kappa shape index (κ1) is 16.9. The molecule has 2 aromatic rings. The lowest BCUT2D eigenvalue weighted by Gasteiger charge is -2.24. The summed E-state index contributed by atoms with van der Waals surface area (Å²) in [5.74, 6) is 1.58. The number of carbonyl (C=O) groups is 1. The summed E-state index contributed by atoms with van der Waals surface area (Å²) in [5.41, 5.74) is 1.86. The van der Waals surface area contributed by atoms with Crippen LogP contribution in [0.25, 0.3) is 0 Å². The van der Waals surface area contributed by atoms with E-state index in [1.54, 1.807) is 25.3 Å². The molecule has 0 fully saturated rings. The molecular weight excluding hydrogens is 292 g/mol. The summed E-state index contributed by atoms with van der Waals surface area (Å²) in [5, 5.41) is 3.27. The van der Waals surface area contributed by atoms with E-state index in [-0.39, 0.29) is 11.9 Å². The normalized spacial score (nSPS) is 11.8. The number of hydrogen-bond acceptors (Lipinski definition) is 4. The van der Waals surface area contributed by atoms with Crippen LogP contribution in [0.15, 0.2) is 30.5 Å². The van der Waals surface area contributed by atoms with E-state index in [1.807, 2.05) is 38.1 Å². The molecule has 0 bridgehead atoms. The van der Waals surface area contributed by atoms with Crippen molar-refractivity contribution in [3.8, 4) is 5.75 Å². The van der Waals surface area contributed by atoms with Crippen LogP contribution < -0.4 is 10.1 Å². The van der Waals surface area contributed by atoms with Gasteiger partial charge >= 0.3 is 0 Å². The Bertz CT molecular complexity index is 654. The van der Waals surface area contributed by atoms with Gasteiger partial charge in [-0.3, -0.25) is 4.79 Å². The van der Waals surface area contributed by atoms with Crippen molar-refractivity contribution in [2.45, 2.75) is 32.9 Å². The van der Waals surface area contributed by atoms with Crippen molar-refractivity contribution in [2.24, 2.45) is 0 Å². The lowest BCUT2D eigenvalue weighted by Crippen LogP contribution is -2.40. The summed E-state index contributed by atoms with van der Waals surface area (Å²) in [6, 6.07) is 7.29. The monoisotopic (exact) mass is 316 g/mol. The van der Waals surface area contributed by atoms with Crippen molar-refractivity contribution in [1.29, 1.82) is 0 Å². The van der Waals surface area contributed by atoms with Gasteiger partial charge in [0, 0.05) is 30.7 Å². The molecule has 0 spiro atoms. The largest absolute Gasteiger partial charge is 0.497 e. The number of amides is 1. The molecule has 1 heterocycles. The summed E-state index contributed by atoms with van der Waals surface area (Å²) in [6.45, 7) is 4.39. The fourth-order valence-corrected chi connectivity index (χ4v) is 2.37. The maximum absolute atomic E-state index is 12.6. The molecule has 0 unspecified atom stereocenters. The van der Waals surface area contributed by atoms with Gasteiger partial charge in [-0.05, 0) is 25.5 Å². The van der Waals surface area contributed by atoms with Crippen molar-refractivity contribution in [1.82, 2.24) is 14.9 Å². The zero-order chi connectivity index (χ0) is 16.8. The molecule has 6 nitrogen and oxygen atoms in total. The lowest BCUT2D eigenvalue weighted by atomic mass is 10.1. The molecule has 124 valence electrons. The third kappa shape index (κ3) is 4.48. The minimum Gasteiger partial charge on any atom is -0.497 e. The van der Waals surface area contributed by atoms with Crippen LogP contribution in [-0.4, -0.2) is 41.0 Å². The number of methoxy groups -OCH3 is 1. The third-order valence-corrected chi connectivity index (χ3v) is 3.64. The molecule has 6 heteroatoms. The second-order valence-electron chi connectivity index (χ2n) is 5.54. The highest BCUT2D eigenvalue weighted by Crippen LogP contribution is 2.18. The van der Waals surface area contributed by atoms with Gasteiger partial charge in [-0.2, -0.15) is 0 Å². The Morgan fingerprint density at radius 3 is 2.87 bits per heavy atom. The van der Waals surface area contributed by atoms with Crippen LogP contribution in [-0.2, 0) is 11.3 Å². The number of aromatic nitrogens is 2. The number of aryl methyl sites for hydroxylation is 1. The molecule has 0 saturated carbocycles. The van der Waals surface area contributed by atoms with Gasteiger partial charge < -0.3 is 19.9 Å². The Hall–Kier alpha value is -2.50. The van der Waals surface area contributed by atoms with Crippen LogP contribution in [0.2, 0.25) is 0 Å². The molecule has 0 radical (unpaired) electrons. The smallest absolute Gasteiger partial charge is 0.245 e. The Kier molecular flexibility index (Phi) is 5.62. The molecule has 1 aromatic carbocycles. The first-order valence-corrected chi connectivity index (χ1v) is 7.69. The lowest BCUT2D eigenvalue weighted by molar-refractivity contribution is -0.131. The fraction of sp³-hybridized carbons (Fsp3) is 0.412. The zero-order valence-corrected chi connectivity index (χ0v) is 14.1. The summed E-state index contributed by atoms with van der Waals surface area (Å²) in [4.78, 5) is 21.7. The van der Waals surface area contributed by atoms with E-state index < -0.39 is 0 Å². The van der Waals surface area contributed by atoms with Gasteiger partial charge in [0.05, 0.1) is 13.7 Å². The quantitative estimate of drug-likeness (QED) is 0.823. The van der Waals surface area contributed by atoms with Gasteiger partial charge in [-0.15, -0.1) is 0 Å². The van der Waals surface area contributed by atoms with E-state index in [0.717, 1.165) is 23.0 Å². The van der Waals surface area contributed by atoms with E-state index >= 15 is 0 Å². The second kappa shape index (κ2) is 7.67. The minimum absolute atomic E-state index is 0.0318. The first-order chi connectivity index (χ1) is 11.0. The van der Waals surface area contributed by atoms with Gasteiger partial charge in [0.2, 0.25) is 5.91 Å². The Morgan fingerprint density at radius 1 is 1.48 bits per heavy atom. The summed E-state index contributed by atoms with van der Waals surface area (Å²) < 4.78 is 5.21. The molecule has 1 amide bonds. The van der Waals surface area contributed by atoms with E-state index in [4.69, 9.17) is 4.74 Å². The molecule has 0 saturated heterocycles. The van der Waals surface area contributed by atoms with Crippen LogP contribution >= 0.6 is 0 Å². The average Bonchev–Trinajstić information content (AvgIpc) is 2.97. The van der Waals surface area contributed by atoms with Crippen LogP contribution in [0.4, 0.5) is 5.69 Å². The van der Waals surface area contributed by atoms with Crippen molar-refractivity contribution in [3.63, 3.8) is 0 Å². The fourth-order valence-electron chi connectivity index (χ4n) is 2.37. The van der Waals surface area contributed by atoms with E-state index in [2.05, 4.69) is 15.3 Å². The number of rotatable bonds is 7. The maximum atomic E-state index is 12.6. The van der Waals surface area contributed by atoms with Crippen LogP contribution in [0, 0.1) is 6.92 Å². The number of carbonyl (C=O) groups excluding carboxylic acids is 1. The molecule has 2 rings (SSSR count). The van der Waals surface area contributed by atoms with Crippen molar-refractivity contribution >= 4 is 11.6 Å². The standard InChI is InChI=1S/C17H24N4O2/c1-5-15(20-13-7-6-8-14(9-13)23-4)17(22)21(3)11-16-18-10-12(2)19-16/h6-10,15,20H,5,11H2,1-4H3,(H,18,19)/t15-/m1/s1. The Morgan fingerprint density at radius 2 is 2.26 bits per heavy atom. The average molecular weight is 316 g/mol. The van der Waals surface area contributed by atoms with Gasteiger partial charge in [0.15, 0.2) is 0 Å². The maximum Gasteiger partial charge on any atom is 0.245 e. The van der Waals surface area contributed by atoms with Gasteiger partial charge in [-0.1, -0.05) is 13.0 Å². The number of likely N-dealkylation sites (N-methyl/N-ethyl adjacent to an activating group) is 1. The van der Waals surface area contributed by atoms with Crippen molar-refractivity contribution in [2.75, 3.05) is 19.5 Å². The van der Waals surface area contributed by atoms with Crippen molar-refractivity contribution < 1.29 is 9.53 Å². The number of imidazole rings is 1. The number of benzene rings is 1. The summed E-state index contributed by atoms with van der Waals surface area (Å²) >= 11 is 0. The number of H-pyrrole nitrogens is 1. The minimum atomic E-state index is -0.289. The van der Waals surface area contributed by atoms with Gasteiger partial charge in [0.25, 0.3) is 0 Å². The van der Waals surface area contributed by atoms with Crippen LogP contribution in [0.5, 0.6) is 5.75 Å². The van der Waals surface area contributed by atoms with E-state index in [1.165, 1.54) is 0 Å². The number of ether oxygens (including phenoxy) is 1. The molecule has 0 aliphatic heterocycles. The number of nitrogens with zero attached hydrogens (tertiary/aromatic N) is 2. The highest BCUT2D eigenvalue weighted by Gasteiger charge is 2.21. The topological polar surface area (TPSA) is 70.2 Å². The van der Waals surface area contributed by atoms with Gasteiger partial charge in [-0.25, -0.2) is 4.98 Å². The highest BCUT2D eigenvalue weighted by molar-refractivity contribution is 5.84. The number of hydrogen-bond donors (Lipinski definition) is 2. The zero-order valence-electron chi connectivity index (χ0n) is 14.1. The third-order valence-electron chi connectivity index (χ3n) is 3.64. The van der Waals surface area contributed by atoms with E-state index in [9.17, 15) is 4.79 Å². The summed E-state index contributed by atoms with van der Waals surface area (Å²) in [6.07, 6.45) is 2.46. The number of nitrogens with one attached hydrogen (secondary N) is 2. The predicted molar refractivity (Wildman–Crippen MR) is 90.5 cm³/mol. The molecule has 23 heavy (non-hydrogen) atoms. The Balaban J connectivity index is 2.02. The first-order valence-electron chi connectivity index (χ1n) is 7.69. The molecular formula is C17H24N4O2. The molecule has 1 atom stereocenters. The number of anilines is 1. The predicted octanol–water partition coefficient (Wildman–Crippen LogP) is 2.58. The van der Waals surface area contributed by atoms with Crippen LogP contribution in [0.3, 0.4) is 0 Å². The van der Waals surface area contributed by atoms with Gasteiger partial charge in [0.1, 0.15) is 17.6 Å². The number of aromatic amines is 1. The molecule has 0 aliphatic rings. The van der Waals surface area contributed by atoms with E-state index in [0.29, 0.717) is 13.0 Å². The Labute approximate surface area is 136 Å². The summed E-state index contributed by atoms with van der Waals surface area (Å²) in [7, 11) is 3.41. The highest BCUT2D eigenvalue weighted by atomic mass is 16.5. The molecule has 0 aliphatic carbocycles. The SMILES string of the molecule is CC[C@@H](Nc1cccc(OC)c1)C(=O)N(C)Cc1ncc(C)[nH]1.